The van der Waals surface area contributed by atoms with Gasteiger partial charge in [0.2, 0.25) is 0 Å². The monoisotopic (exact) mass is 457 g/mol. The maximum Gasteiger partial charge on any atom is 0.473 e. The molecule has 0 aromatic carbocycles. The second-order valence-corrected chi connectivity index (χ2v) is 4.38. The standard InChI is InChI=1S/C9H2F15NO3/c10-1(11)2(12)27-8(21,22)5(14,15)6(16,17)9(23,24)28-4(13,3(25)26)7(18,19)20/h(H2,25,26). The van der Waals surface area contributed by atoms with Crippen LogP contribution < -0.4 is 5.73 Å². The molecule has 0 fully saturated rings. The minimum atomic E-state index is -7.94. The van der Waals surface area contributed by atoms with Gasteiger partial charge in [-0.1, -0.05) is 0 Å². The molecule has 0 bridgehead atoms. The third-order valence-corrected chi connectivity index (χ3v) is 2.44. The molecule has 1 amide bonds. The molecule has 0 aliphatic rings. The molecule has 0 aromatic heterocycles. The van der Waals surface area contributed by atoms with Crippen LogP contribution in [-0.4, -0.2) is 42.0 Å². The number of hydrogen-bond acceptors (Lipinski definition) is 3. The zero-order valence-corrected chi connectivity index (χ0v) is 12.0. The summed E-state index contributed by atoms with van der Waals surface area (Å²) in [7, 11) is 0. The fourth-order valence-corrected chi connectivity index (χ4v) is 1.07. The van der Waals surface area contributed by atoms with E-state index in [1.54, 1.807) is 9.47 Å². The Morgan fingerprint density at radius 2 is 1.04 bits per heavy atom. The second-order valence-electron chi connectivity index (χ2n) is 4.38. The summed E-state index contributed by atoms with van der Waals surface area (Å²) >= 11 is 0. The lowest BCUT2D eigenvalue weighted by molar-refractivity contribution is -0.490. The molecule has 0 heterocycles. The van der Waals surface area contributed by atoms with E-state index in [1.807, 2.05) is 0 Å². The zero-order chi connectivity index (χ0) is 23.1. The van der Waals surface area contributed by atoms with Crippen molar-refractivity contribution in [1.82, 2.24) is 0 Å². The first-order valence-corrected chi connectivity index (χ1v) is 5.64. The number of carbonyl (C=O) groups is 1. The molecule has 0 saturated carbocycles. The SMILES string of the molecule is NC(=O)C(F)(OC(F)(F)C(F)(F)C(F)(F)C(F)(F)OC(F)=C(F)F)C(F)(F)F. The molecule has 0 saturated heterocycles. The van der Waals surface area contributed by atoms with Gasteiger partial charge in [0.15, 0.2) is 0 Å². The van der Waals surface area contributed by atoms with Crippen molar-refractivity contribution in [3.8, 4) is 0 Å². The number of alkyl halides is 12. The van der Waals surface area contributed by atoms with Gasteiger partial charge in [0.1, 0.15) is 0 Å². The highest BCUT2D eigenvalue weighted by molar-refractivity contribution is 5.82. The van der Waals surface area contributed by atoms with Gasteiger partial charge in [-0.15, -0.1) is 0 Å². The van der Waals surface area contributed by atoms with Crippen molar-refractivity contribution in [3.63, 3.8) is 0 Å². The van der Waals surface area contributed by atoms with E-state index in [2.05, 4.69) is 5.73 Å². The number of nitrogens with two attached hydrogens (primary N) is 1. The molecule has 0 aliphatic heterocycles. The molecule has 166 valence electrons. The highest BCUT2D eigenvalue weighted by Crippen LogP contribution is 2.55. The molecular formula is C9H2F15NO3. The van der Waals surface area contributed by atoms with Crippen LogP contribution in [0.15, 0.2) is 12.1 Å². The number of halogens is 15. The minimum absolute atomic E-state index is 1.68. The van der Waals surface area contributed by atoms with Gasteiger partial charge in [0.25, 0.3) is 5.91 Å². The third kappa shape index (κ3) is 4.17. The largest absolute Gasteiger partial charge is 0.473 e. The van der Waals surface area contributed by atoms with E-state index >= 15 is 0 Å². The molecule has 1 unspecified atom stereocenters. The number of ether oxygens (including phenoxy) is 2. The smallest absolute Gasteiger partial charge is 0.397 e. The van der Waals surface area contributed by atoms with E-state index in [4.69, 9.17) is 0 Å². The minimum Gasteiger partial charge on any atom is -0.397 e. The highest BCUT2D eigenvalue weighted by Gasteiger charge is 2.86. The first-order valence-electron chi connectivity index (χ1n) is 5.64. The predicted octanol–water partition coefficient (Wildman–Crippen LogP) is 4.22. The lowest BCUT2D eigenvalue weighted by atomic mass is 10.1. The van der Waals surface area contributed by atoms with Crippen molar-refractivity contribution in [1.29, 1.82) is 0 Å². The lowest BCUT2D eigenvalue weighted by Gasteiger charge is -2.37. The first-order chi connectivity index (χ1) is 12.0. The first kappa shape index (κ1) is 25.9. The molecule has 2 N–H and O–H groups in total. The fraction of sp³-hybridized carbons (Fsp3) is 0.667. The molecule has 0 aromatic rings. The van der Waals surface area contributed by atoms with Crippen LogP contribution in [-0.2, 0) is 14.3 Å². The van der Waals surface area contributed by atoms with Crippen molar-refractivity contribution in [2.24, 2.45) is 5.73 Å². The Morgan fingerprint density at radius 3 is 1.32 bits per heavy atom. The van der Waals surface area contributed by atoms with Crippen LogP contribution in [0.4, 0.5) is 65.9 Å². The molecule has 0 radical (unpaired) electrons. The number of hydrogen-bond donors (Lipinski definition) is 1. The van der Waals surface area contributed by atoms with E-state index in [0.29, 0.717) is 0 Å². The van der Waals surface area contributed by atoms with Gasteiger partial charge in [-0.3, -0.25) is 9.53 Å². The normalized spacial score (nSPS) is 16.4. The third-order valence-electron chi connectivity index (χ3n) is 2.44. The quantitative estimate of drug-likeness (QED) is 0.439. The molecule has 4 nitrogen and oxygen atoms in total. The van der Waals surface area contributed by atoms with Gasteiger partial charge >= 0.3 is 48.2 Å². The van der Waals surface area contributed by atoms with Crippen LogP contribution in [0, 0.1) is 0 Å². The van der Waals surface area contributed by atoms with Crippen molar-refractivity contribution in [2.75, 3.05) is 0 Å². The Kier molecular flexibility index (Phi) is 6.54. The van der Waals surface area contributed by atoms with Gasteiger partial charge in [-0.2, -0.15) is 65.9 Å². The van der Waals surface area contributed by atoms with Crippen LogP contribution >= 0.6 is 0 Å². The van der Waals surface area contributed by atoms with Gasteiger partial charge in [-0.05, 0) is 0 Å². The molecule has 0 spiro atoms. The molecule has 0 rings (SSSR count). The van der Waals surface area contributed by atoms with Crippen molar-refractivity contribution >= 4 is 5.91 Å². The van der Waals surface area contributed by atoms with Crippen molar-refractivity contribution in [2.45, 2.75) is 36.1 Å². The van der Waals surface area contributed by atoms with Gasteiger partial charge in [0, 0.05) is 0 Å². The Bertz CT molecular complexity index is 637. The summed E-state index contributed by atoms with van der Waals surface area (Å²) in [6, 6.07) is -3.96. The van der Waals surface area contributed by atoms with E-state index in [1.165, 1.54) is 0 Å². The van der Waals surface area contributed by atoms with Crippen LogP contribution in [0.2, 0.25) is 0 Å². The Labute approximate surface area is 141 Å². The van der Waals surface area contributed by atoms with E-state index < -0.39 is 54.1 Å². The van der Waals surface area contributed by atoms with E-state index in [0.717, 1.165) is 0 Å². The van der Waals surface area contributed by atoms with Crippen molar-refractivity contribution in [3.05, 3.63) is 12.1 Å². The Morgan fingerprint density at radius 1 is 0.679 bits per heavy atom. The molecule has 1 atom stereocenters. The number of carbonyl (C=O) groups excluding carboxylic acids is 1. The van der Waals surface area contributed by atoms with Crippen molar-refractivity contribution < 1.29 is 80.1 Å². The Hall–Kier alpha value is -2.08. The second kappa shape index (κ2) is 7.07. The summed E-state index contributed by atoms with van der Waals surface area (Å²) < 4.78 is 192. The maximum atomic E-state index is 13.2. The van der Waals surface area contributed by atoms with Crippen LogP contribution in [0.3, 0.4) is 0 Å². The van der Waals surface area contributed by atoms with Gasteiger partial charge in [0.05, 0.1) is 0 Å². The summed E-state index contributed by atoms with van der Waals surface area (Å²) in [6.45, 7) is 0. The van der Waals surface area contributed by atoms with Gasteiger partial charge < -0.3 is 10.5 Å². The molecule has 28 heavy (non-hydrogen) atoms. The molecule has 19 heteroatoms. The Balaban J connectivity index is 6.25. The summed E-state index contributed by atoms with van der Waals surface area (Å²) in [5, 5.41) is 0. The number of amides is 1. The summed E-state index contributed by atoms with van der Waals surface area (Å²) in [6.07, 6.45) is -25.9. The average Bonchev–Trinajstić information content (AvgIpc) is 2.43. The summed E-state index contributed by atoms with van der Waals surface area (Å²) in [5.41, 5.74) is 3.67. The van der Waals surface area contributed by atoms with Gasteiger partial charge in [-0.25, -0.2) is 0 Å². The number of primary amides is 1. The summed E-state index contributed by atoms with van der Waals surface area (Å²) in [4.78, 5) is 10.3. The van der Waals surface area contributed by atoms with E-state index in [9.17, 15) is 70.7 Å². The molecular weight excluding hydrogens is 455 g/mol. The van der Waals surface area contributed by atoms with Crippen LogP contribution in [0.5, 0.6) is 0 Å². The van der Waals surface area contributed by atoms with Crippen LogP contribution in [0.25, 0.3) is 0 Å². The lowest BCUT2D eigenvalue weighted by Crippen LogP contribution is -2.67. The topological polar surface area (TPSA) is 61.6 Å². The maximum absolute atomic E-state index is 13.2. The molecule has 0 aliphatic carbocycles. The predicted molar refractivity (Wildman–Crippen MR) is 51.4 cm³/mol. The number of rotatable bonds is 8. The zero-order valence-electron chi connectivity index (χ0n) is 12.0. The highest BCUT2D eigenvalue weighted by atomic mass is 19.4. The average molecular weight is 457 g/mol. The van der Waals surface area contributed by atoms with Crippen LogP contribution in [0.1, 0.15) is 0 Å². The summed E-state index contributed by atoms with van der Waals surface area (Å²) in [5.74, 6) is -26.0. The van der Waals surface area contributed by atoms with E-state index in [-0.39, 0.29) is 0 Å². The fourth-order valence-electron chi connectivity index (χ4n) is 1.07.